The van der Waals surface area contributed by atoms with Gasteiger partial charge >= 0.3 is 36.1 Å². The molecule has 2 aliphatic heterocycles. The van der Waals surface area contributed by atoms with Crippen LogP contribution in [0.2, 0.25) is 0 Å². The Labute approximate surface area is 361 Å². The Bertz CT molecular complexity index is 1890. The fraction of sp³-hybridized carbons (Fsp3) is 0.543. The van der Waals surface area contributed by atoms with Gasteiger partial charge in [0, 0.05) is 52.4 Å². The van der Waals surface area contributed by atoms with Gasteiger partial charge in [0.25, 0.3) is 5.91 Å². The summed E-state index contributed by atoms with van der Waals surface area (Å²) in [5, 5.41) is 11.8. The average molecular weight is 951 g/mol. The topological polar surface area (TPSA) is 246 Å². The van der Waals surface area contributed by atoms with E-state index in [1.807, 2.05) is 41.5 Å². The Balaban J connectivity index is 0.000000291. The smallest absolute Gasteiger partial charge is 0.410 e. The number of amides is 3. The Kier molecular flexibility index (Phi) is 20.2. The van der Waals surface area contributed by atoms with Crippen molar-refractivity contribution >= 4 is 91.9 Å². The van der Waals surface area contributed by atoms with E-state index in [2.05, 4.69) is 50.4 Å². The number of nitrogens with zero attached hydrogens (tertiary/aromatic N) is 6. The minimum absolute atomic E-state index is 0.115. The van der Waals surface area contributed by atoms with Gasteiger partial charge in [-0.1, -0.05) is 0 Å². The summed E-state index contributed by atoms with van der Waals surface area (Å²) in [7, 11) is 3.85. The van der Waals surface area contributed by atoms with Crippen LogP contribution in [-0.2, 0) is 23.7 Å². The van der Waals surface area contributed by atoms with E-state index in [1.54, 1.807) is 14.7 Å². The second-order valence-corrected chi connectivity index (χ2v) is 18.2. The maximum absolute atomic E-state index is 12.4. The molecule has 59 heavy (non-hydrogen) atoms. The molecule has 0 spiro atoms. The van der Waals surface area contributed by atoms with Gasteiger partial charge in [-0.2, -0.15) is 0 Å². The largest absolute Gasteiger partial charge is 0.476 e. The normalized spacial score (nSPS) is 13.8. The fourth-order valence-electron chi connectivity index (χ4n) is 4.31. The van der Waals surface area contributed by atoms with Crippen LogP contribution in [0.4, 0.5) is 9.59 Å². The predicted octanol–water partition coefficient (Wildman–Crippen LogP) is 4.77. The Morgan fingerprint density at radius 3 is 1.36 bits per heavy atom. The molecule has 2 fully saturated rings. The standard InChI is InChI=1S/C15H21N3O5S.C9H18N2O2.C6H5NO4S.C5H4BrNO2S/c1-15(2,3)23-14(21)18-7-5-17(6-8-18)12(19)11-16-9-10(24-11)13(20)22-4;1-9(2,3)13-8(12)11-6-4-10-5-7-11;1-11-6(10)3-2-7-4(12-3)5(8)9;1-9-4(8)3-2-7-5(6)10-3/h9H,5-8H2,1-4H3;10H,4-7H2,1-3H3;2H,1H3,(H,8,9);2H,1H3. The molecule has 2 saturated heterocycles. The van der Waals surface area contributed by atoms with Crippen LogP contribution < -0.4 is 5.32 Å². The molecule has 5 rings (SSSR count). The van der Waals surface area contributed by atoms with Crippen LogP contribution in [0.1, 0.15) is 90.2 Å². The van der Waals surface area contributed by atoms with Crippen molar-refractivity contribution in [3.8, 4) is 0 Å². The van der Waals surface area contributed by atoms with E-state index in [1.165, 1.54) is 51.3 Å². The van der Waals surface area contributed by atoms with E-state index < -0.39 is 23.5 Å². The number of carboxylic acids is 1. The summed E-state index contributed by atoms with van der Waals surface area (Å²) < 4.78 is 24.7. The van der Waals surface area contributed by atoms with E-state index in [9.17, 15) is 33.6 Å². The first kappa shape index (κ1) is 50.4. The van der Waals surface area contributed by atoms with Crippen LogP contribution in [0.25, 0.3) is 0 Å². The molecule has 0 aromatic carbocycles. The molecule has 3 aromatic heterocycles. The molecule has 0 radical (unpaired) electrons. The van der Waals surface area contributed by atoms with Crippen molar-refractivity contribution < 1.29 is 62.4 Å². The molecular formula is C35H48BrN7O13S3. The minimum atomic E-state index is -1.14. The summed E-state index contributed by atoms with van der Waals surface area (Å²) in [4.78, 5) is 96.4. The third-order valence-electron chi connectivity index (χ3n) is 7.00. The van der Waals surface area contributed by atoms with E-state index in [4.69, 9.17) is 14.6 Å². The van der Waals surface area contributed by atoms with Gasteiger partial charge in [0.2, 0.25) is 5.01 Å². The lowest BCUT2D eigenvalue weighted by Gasteiger charge is -2.35. The molecule has 2 aliphatic rings. The molecule has 0 saturated carbocycles. The zero-order chi connectivity index (χ0) is 44.5. The quantitative estimate of drug-likeness (QED) is 0.258. The van der Waals surface area contributed by atoms with Gasteiger partial charge in [0.05, 0.1) is 39.9 Å². The van der Waals surface area contributed by atoms with Crippen molar-refractivity contribution in [1.29, 1.82) is 0 Å². The lowest BCUT2D eigenvalue weighted by molar-refractivity contribution is 0.0140. The third-order valence-corrected chi connectivity index (χ3v) is 10.4. The van der Waals surface area contributed by atoms with E-state index >= 15 is 0 Å². The molecule has 2 N–H and O–H groups in total. The van der Waals surface area contributed by atoms with E-state index in [0.717, 1.165) is 48.9 Å². The molecule has 0 bridgehead atoms. The van der Waals surface area contributed by atoms with Crippen molar-refractivity contribution in [1.82, 2.24) is 35.0 Å². The van der Waals surface area contributed by atoms with Crippen LogP contribution in [-0.4, -0.2) is 162 Å². The molecule has 0 atom stereocenters. The first-order chi connectivity index (χ1) is 27.6. The Hall–Kier alpha value is -4.78. The maximum Gasteiger partial charge on any atom is 0.410 e. The summed E-state index contributed by atoms with van der Waals surface area (Å²) in [6, 6.07) is 0. The highest BCUT2D eigenvalue weighted by Gasteiger charge is 2.30. The monoisotopic (exact) mass is 949 g/mol. The number of thiazole rings is 3. The number of methoxy groups -OCH3 is 3. The molecule has 5 heterocycles. The molecule has 20 nitrogen and oxygen atoms in total. The molecule has 326 valence electrons. The number of carbonyl (C=O) groups excluding carboxylic acids is 6. The molecule has 24 heteroatoms. The van der Waals surface area contributed by atoms with E-state index in [0.29, 0.717) is 35.0 Å². The SMILES string of the molecule is CC(C)(C)OC(=O)N1CCNCC1.COC(=O)c1cnc(Br)s1.COC(=O)c1cnc(C(=O)N2CCN(C(=O)OC(C)(C)C)CC2)s1.COC(=O)c1cnc(C(=O)O)s1. The van der Waals surface area contributed by atoms with Crippen LogP contribution in [0.3, 0.4) is 0 Å². The fourth-order valence-corrected chi connectivity index (χ4v) is 6.97. The number of nitrogens with one attached hydrogen (secondary N) is 1. The van der Waals surface area contributed by atoms with Gasteiger partial charge in [-0.05, 0) is 57.5 Å². The second-order valence-electron chi connectivity index (χ2n) is 13.8. The van der Waals surface area contributed by atoms with Crippen LogP contribution in [0.15, 0.2) is 22.5 Å². The molecule has 3 amide bonds. The van der Waals surface area contributed by atoms with Crippen LogP contribution in [0, 0.1) is 0 Å². The number of hydrogen-bond donors (Lipinski definition) is 2. The number of ether oxygens (including phenoxy) is 5. The van der Waals surface area contributed by atoms with Crippen molar-refractivity contribution in [2.45, 2.75) is 52.7 Å². The van der Waals surface area contributed by atoms with E-state index in [-0.39, 0.29) is 49.4 Å². The lowest BCUT2D eigenvalue weighted by atomic mass is 10.2. The number of aromatic carboxylic acids is 1. The number of aromatic nitrogens is 3. The highest BCUT2D eigenvalue weighted by Crippen LogP contribution is 2.20. The number of halogens is 1. The molecular weight excluding hydrogens is 903 g/mol. The van der Waals surface area contributed by atoms with Crippen molar-refractivity contribution in [2.75, 3.05) is 73.7 Å². The number of hydrogen-bond acceptors (Lipinski definition) is 19. The Morgan fingerprint density at radius 2 is 0.983 bits per heavy atom. The first-order valence-electron chi connectivity index (χ1n) is 17.6. The zero-order valence-corrected chi connectivity index (χ0v) is 38.1. The predicted molar refractivity (Wildman–Crippen MR) is 219 cm³/mol. The average Bonchev–Trinajstić information content (AvgIpc) is 3.99. The summed E-state index contributed by atoms with van der Waals surface area (Å²) in [6.07, 6.45) is 3.41. The van der Waals surface area contributed by atoms with Crippen molar-refractivity contribution in [3.05, 3.63) is 47.2 Å². The van der Waals surface area contributed by atoms with Gasteiger partial charge in [-0.3, -0.25) is 4.79 Å². The van der Waals surface area contributed by atoms with Crippen molar-refractivity contribution in [3.63, 3.8) is 0 Å². The third kappa shape index (κ3) is 17.9. The number of piperazine rings is 2. The summed E-state index contributed by atoms with van der Waals surface area (Å²) in [6.45, 7) is 15.9. The summed E-state index contributed by atoms with van der Waals surface area (Å²) >= 11 is 6.17. The van der Waals surface area contributed by atoms with Gasteiger partial charge in [0.1, 0.15) is 25.8 Å². The molecule has 0 aliphatic carbocycles. The van der Waals surface area contributed by atoms with Crippen LogP contribution >= 0.6 is 49.9 Å². The number of carbonyl (C=O) groups is 7. The molecule has 0 unspecified atom stereocenters. The lowest BCUT2D eigenvalue weighted by Crippen LogP contribution is -2.51. The highest BCUT2D eigenvalue weighted by atomic mass is 79.9. The number of rotatable bonds is 5. The van der Waals surface area contributed by atoms with Gasteiger partial charge in [-0.15, -0.1) is 34.0 Å². The molecule has 3 aromatic rings. The minimum Gasteiger partial charge on any atom is -0.476 e. The van der Waals surface area contributed by atoms with Gasteiger partial charge in [-0.25, -0.2) is 43.7 Å². The number of esters is 3. The summed E-state index contributed by atoms with van der Waals surface area (Å²) in [5.74, 6) is -2.82. The van der Waals surface area contributed by atoms with Crippen molar-refractivity contribution in [2.24, 2.45) is 0 Å². The maximum atomic E-state index is 12.4. The van der Waals surface area contributed by atoms with Gasteiger partial charge in [0.15, 0.2) is 8.92 Å². The highest BCUT2D eigenvalue weighted by molar-refractivity contribution is 9.11. The van der Waals surface area contributed by atoms with Gasteiger partial charge < -0.3 is 48.8 Å². The summed E-state index contributed by atoms with van der Waals surface area (Å²) in [5.41, 5.74) is -0.933. The Morgan fingerprint density at radius 1 is 0.610 bits per heavy atom. The first-order valence-corrected chi connectivity index (χ1v) is 20.8. The zero-order valence-electron chi connectivity index (χ0n) is 34.0. The second kappa shape index (κ2) is 23.7. The van der Waals surface area contributed by atoms with Crippen LogP contribution in [0.5, 0.6) is 0 Å². The number of carboxylic acid groups (broad SMARTS) is 1.